The van der Waals surface area contributed by atoms with Gasteiger partial charge in [-0.3, -0.25) is 4.79 Å². The molecule has 18 heavy (non-hydrogen) atoms. The van der Waals surface area contributed by atoms with Crippen LogP contribution in [0.2, 0.25) is 5.15 Å². The molecule has 1 aliphatic rings. The van der Waals surface area contributed by atoms with Crippen LogP contribution >= 0.6 is 11.6 Å². The van der Waals surface area contributed by atoms with Crippen molar-refractivity contribution in [2.24, 2.45) is 0 Å². The number of anilines is 1. The number of hydrogen-bond acceptors (Lipinski definition) is 4. The maximum absolute atomic E-state index is 11.6. The maximum atomic E-state index is 11.6. The van der Waals surface area contributed by atoms with Gasteiger partial charge < -0.3 is 10.2 Å². The minimum Gasteiger partial charge on any atom is -0.354 e. The third kappa shape index (κ3) is 2.72. The lowest BCUT2D eigenvalue weighted by atomic mass is 10.3. The fourth-order valence-electron chi connectivity index (χ4n) is 1.97. The molecule has 0 radical (unpaired) electrons. The average Bonchev–Trinajstić information content (AvgIpc) is 2.57. The van der Waals surface area contributed by atoms with Crippen molar-refractivity contribution in [1.82, 2.24) is 15.3 Å². The van der Waals surface area contributed by atoms with Crippen LogP contribution in [-0.4, -0.2) is 35.5 Å². The van der Waals surface area contributed by atoms with Gasteiger partial charge in [-0.15, -0.1) is 0 Å². The Kier molecular flexibility index (Phi) is 4.01. The Labute approximate surface area is 112 Å². The van der Waals surface area contributed by atoms with E-state index in [9.17, 15) is 4.79 Å². The standard InChI is InChI=1S/C12H17ClN4O/c1-3-9-15-11(13)8(2)12(16-9)17-6-4-5-14-10(18)7-17/h3-7H2,1-2H3,(H,14,18). The van der Waals surface area contributed by atoms with Gasteiger partial charge in [0, 0.05) is 25.1 Å². The third-order valence-electron chi connectivity index (χ3n) is 2.98. The predicted molar refractivity (Wildman–Crippen MR) is 71.0 cm³/mol. The highest BCUT2D eigenvalue weighted by Gasteiger charge is 2.20. The number of nitrogens with zero attached hydrogens (tertiary/aromatic N) is 3. The van der Waals surface area contributed by atoms with Crippen molar-refractivity contribution in [1.29, 1.82) is 0 Å². The molecule has 0 saturated carbocycles. The number of nitrogens with one attached hydrogen (secondary N) is 1. The Morgan fingerprint density at radius 2 is 2.22 bits per heavy atom. The predicted octanol–water partition coefficient (Wildman–Crippen LogP) is 1.33. The van der Waals surface area contributed by atoms with Crippen molar-refractivity contribution in [3.8, 4) is 0 Å². The molecule has 0 aliphatic carbocycles. The van der Waals surface area contributed by atoms with Gasteiger partial charge in [0.05, 0.1) is 6.54 Å². The van der Waals surface area contributed by atoms with Crippen LogP contribution in [0, 0.1) is 6.92 Å². The van der Waals surface area contributed by atoms with Gasteiger partial charge in [0.25, 0.3) is 0 Å². The fourth-order valence-corrected chi connectivity index (χ4v) is 2.16. The van der Waals surface area contributed by atoms with Crippen molar-refractivity contribution in [2.75, 3.05) is 24.5 Å². The van der Waals surface area contributed by atoms with Crippen molar-refractivity contribution in [2.45, 2.75) is 26.7 Å². The number of aromatic nitrogens is 2. The molecule has 1 aromatic rings. The molecule has 2 heterocycles. The molecular formula is C12H17ClN4O. The zero-order chi connectivity index (χ0) is 13.1. The fraction of sp³-hybridized carbons (Fsp3) is 0.583. The first kappa shape index (κ1) is 13.1. The molecule has 0 unspecified atom stereocenters. The number of halogens is 1. The van der Waals surface area contributed by atoms with Crippen LogP contribution in [0.15, 0.2) is 0 Å². The molecule has 2 rings (SSSR count). The molecule has 0 bridgehead atoms. The van der Waals surface area contributed by atoms with Gasteiger partial charge in [-0.1, -0.05) is 18.5 Å². The van der Waals surface area contributed by atoms with E-state index in [1.165, 1.54) is 0 Å². The third-order valence-corrected chi connectivity index (χ3v) is 3.35. The summed E-state index contributed by atoms with van der Waals surface area (Å²) in [6, 6.07) is 0. The monoisotopic (exact) mass is 268 g/mol. The highest BCUT2D eigenvalue weighted by atomic mass is 35.5. The van der Waals surface area contributed by atoms with Gasteiger partial charge in [0.15, 0.2) is 0 Å². The summed E-state index contributed by atoms with van der Waals surface area (Å²) in [4.78, 5) is 22.3. The first-order valence-corrected chi connectivity index (χ1v) is 6.54. The zero-order valence-electron chi connectivity index (χ0n) is 10.7. The van der Waals surface area contributed by atoms with E-state index >= 15 is 0 Å². The summed E-state index contributed by atoms with van der Waals surface area (Å²) in [6.45, 7) is 5.72. The van der Waals surface area contributed by atoms with Crippen molar-refractivity contribution in [3.63, 3.8) is 0 Å². The molecule has 1 N–H and O–H groups in total. The topological polar surface area (TPSA) is 58.1 Å². The molecule has 0 spiro atoms. The van der Waals surface area contributed by atoms with Crippen LogP contribution in [0.1, 0.15) is 24.7 Å². The van der Waals surface area contributed by atoms with Crippen LogP contribution in [0.5, 0.6) is 0 Å². The summed E-state index contributed by atoms with van der Waals surface area (Å²) in [7, 11) is 0. The minimum absolute atomic E-state index is 0.0275. The molecule has 0 atom stereocenters. The first-order chi connectivity index (χ1) is 8.61. The highest BCUT2D eigenvalue weighted by Crippen LogP contribution is 2.24. The van der Waals surface area contributed by atoms with Crippen molar-refractivity contribution < 1.29 is 4.79 Å². The summed E-state index contributed by atoms with van der Waals surface area (Å²) >= 11 is 6.12. The van der Waals surface area contributed by atoms with Crippen molar-refractivity contribution >= 4 is 23.3 Å². The molecule has 1 aliphatic heterocycles. The van der Waals surface area contributed by atoms with Crippen LogP contribution in [0.3, 0.4) is 0 Å². The summed E-state index contributed by atoms with van der Waals surface area (Å²) in [6.07, 6.45) is 1.64. The molecule has 1 aromatic heterocycles. The Balaban J connectivity index is 2.36. The first-order valence-electron chi connectivity index (χ1n) is 6.16. The summed E-state index contributed by atoms with van der Waals surface area (Å²) < 4.78 is 0. The molecule has 6 heteroatoms. The highest BCUT2D eigenvalue weighted by molar-refractivity contribution is 6.30. The van der Waals surface area contributed by atoms with Gasteiger partial charge in [0.2, 0.25) is 5.91 Å². The largest absolute Gasteiger partial charge is 0.354 e. The molecule has 1 fully saturated rings. The van der Waals surface area contributed by atoms with E-state index < -0.39 is 0 Å². The Bertz CT molecular complexity index is 464. The van der Waals surface area contributed by atoms with Gasteiger partial charge in [0.1, 0.15) is 16.8 Å². The van der Waals surface area contributed by atoms with E-state index in [2.05, 4.69) is 15.3 Å². The number of aryl methyl sites for hydroxylation is 1. The molecule has 98 valence electrons. The van der Waals surface area contributed by atoms with Gasteiger partial charge in [-0.05, 0) is 13.3 Å². The summed E-state index contributed by atoms with van der Waals surface area (Å²) in [5, 5.41) is 3.32. The van der Waals surface area contributed by atoms with E-state index in [0.717, 1.165) is 30.8 Å². The number of amides is 1. The van der Waals surface area contributed by atoms with Crippen LogP contribution in [0.4, 0.5) is 5.82 Å². The summed E-state index contributed by atoms with van der Waals surface area (Å²) in [5.41, 5.74) is 0.837. The van der Waals surface area contributed by atoms with E-state index in [1.807, 2.05) is 18.7 Å². The normalized spacial score (nSPS) is 16.4. The second-order valence-electron chi connectivity index (χ2n) is 4.36. The van der Waals surface area contributed by atoms with Gasteiger partial charge in [-0.2, -0.15) is 0 Å². The van der Waals surface area contributed by atoms with Crippen LogP contribution in [0.25, 0.3) is 0 Å². The Morgan fingerprint density at radius 1 is 1.44 bits per heavy atom. The van der Waals surface area contributed by atoms with E-state index in [4.69, 9.17) is 11.6 Å². The maximum Gasteiger partial charge on any atom is 0.239 e. The number of carbonyl (C=O) groups is 1. The molecule has 5 nitrogen and oxygen atoms in total. The number of carbonyl (C=O) groups excluding carboxylic acids is 1. The molecule has 1 amide bonds. The second-order valence-corrected chi connectivity index (χ2v) is 4.72. The van der Waals surface area contributed by atoms with E-state index in [-0.39, 0.29) is 5.91 Å². The van der Waals surface area contributed by atoms with Gasteiger partial charge in [-0.25, -0.2) is 9.97 Å². The second kappa shape index (κ2) is 5.52. The molecular weight excluding hydrogens is 252 g/mol. The lowest BCUT2D eigenvalue weighted by Crippen LogP contribution is -2.34. The quantitative estimate of drug-likeness (QED) is 0.822. The van der Waals surface area contributed by atoms with Crippen LogP contribution in [-0.2, 0) is 11.2 Å². The molecule has 1 saturated heterocycles. The smallest absolute Gasteiger partial charge is 0.239 e. The number of hydrogen-bond donors (Lipinski definition) is 1. The van der Waals surface area contributed by atoms with Crippen molar-refractivity contribution in [3.05, 3.63) is 16.5 Å². The van der Waals surface area contributed by atoms with Crippen LogP contribution < -0.4 is 10.2 Å². The van der Waals surface area contributed by atoms with Gasteiger partial charge >= 0.3 is 0 Å². The Hall–Kier alpha value is -1.36. The molecule has 0 aromatic carbocycles. The lowest BCUT2D eigenvalue weighted by molar-refractivity contribution is -0.119. The summed E-state index contributed by atoms with van der Waals surface area (Å²) in [5.74, 6) is 1.52. The Morgan fingerprint density at radius 3 is 2.94 bits per heavy atom. The number of rotatable bonds is 2. The minimum atomic E-state index is 0.0275. The lowest BCUT2D eigenvalue weighted by Gasteiger charge is -2.22. The average molecular weight is 269 g/mol. The van der Waals surface area contributed by atoms with E-state index in [0.29, 0.717) is 24.1 Å². The SMILES string of the molecule is CCc1nc(Cl)c(C)c(N2CCCNC(=O)C2)n1. The van der Waals surface area contributed by atoms with E-state index in [1.54, 1.807) is 0 Å². The zero-order valence-corrected chi connectivity index (χ0v) is 11.4.